The molecule has 0 spiro atoms. The zero-order valence-electron chi connectivity index (χ0n) is 16.7. The Bertz CT molecular complexity index is 506. The Morgan fingerprint density at radius 3 is 2.19 bits per heavy atom. The highest BCUT2D eigenvalue weighted by atomic mass is 32.2. The first-order valence-corrected chi connectivity index (χ1v) is 10.3. The Kier molecular flexibility index (Phi) is 12.5. The zero-order valence-corrected chi connectivity index (χ0v) is 17.5. The largest absolute Gasteiger partial charge is 0.481 e. The molecule has 0 radical (unpaired) electrons. The summed E-state index contributed by atoms with van der Waals surface area (Å²) in [5, 5.41) is 16.8. The molecule has 0 aliphatic heterocycles. The van der Waals surface area contributed by atoms with Gasteiger partial charge in [-0.25, -0.2) is 0 Å². The maximum atomic E-state index is 12.3. The monoisotopic (exact) mass is 403 g/mol. The van der Waals surface area contributed by atoms with Crippen molar-refractivity contribution < 1.29 is 24.3 Å². The maximum absolute atomic E-state index is 12.3. The summed E-state index contributed by atoms with van der Waals surface area (Å²) < 4.78 is 0. The van der Waals surface area contributed by atoms with Crippen LogP contribution in [0.2, 0.25) is 0 Å². The molecule has 0 fully saturated rings. The summed E-state index contributed by atoms with van der Waals surface area (Å²) in [4.78, 5) is 46.7. The molecule has 0 saturated carbocycles. The summed E-state index contributed by atoms with van der Waals surface area (Å²) in [6.07, 6.45) is 0.459. The first kappa shape index (κ1) is 25.2. The molecule has 8 nitrogen and oxygen atoms in total. The van der Waals surface area contributed by atoms with Crippen LogP contribution in [0.3, 0.4) is 0 Å². The summed E-state index contributed by atoms with van der Waals surface area (Å²) in [7, 11) is 0. The molecule has 156 valence electrons. The molecule has 0 rings (SSSR count). The molecule has 0 unspecified atom stereocenters. The summed E-state index contributed by atoms with van der Waals surface area (Å²) in [5.41, 5.74) is -0.115. The van der Waals surface area contributed by atoms with E-state index < -0.39 is 17.9 Å². The summed E-state index contributed by atoms with van der Waals surface area (Å²) in [5.74, 6) is -0.302. The molecular weight excluding hydrogens is 370 g/mol. The molecule has 0 aromatic rings. The number of rotatable bonds is 13. The molecule has 0 aliphatic rings. The third-order valence-corrected chi connectivity index (χ3v) is 4.31. The maximum Gasteiger partial charge on any atom is 0.303 e. The molecule has 0 heterocycles. The van der Waals surface area contributed by atoms with Crippen LogP contribution in [0.1, 0.15) is 53.4 Å². The van der Waals surface area contributed by atoms with E-state index in [1.165, 1.54) is 0 Å². The van der Waals surface area contributed by atoms with E-state index in [0.717, 1.165) is 5.75 Å². The number of nitrogens with one attached hydrogen (secondary N) is 3. The molecule has 3 amide bonds. The van der Waals surface area contributed by atoms with Gasteiger partial charge in [-0.05, 0) is 17.6 Å². The van der Waals surface area contributed by atoms with E-state index in [9.17, 15) is 19.2 Å². The number of aliphatic carboxylic acids is 1. The van der Waals surface area contributed by atoms with Crippen molar-refractivity contribution in [3.8, 4) is 0 Å². The van der Waals surface area contributed by atoms with Crippen LogP contribution in [0, 0.1) is 5.41 Å². The number of carbonyl (C=O) groups is 4. The molecule has 1 atom stereocenters. The predicted molar refractivity (Wildman–Crippen MR) is 107 cm³/mol. The van der Waals surface area contributed by atoms with Gasteiger partial charge in [-0.2, -0.15) is 11.8 Å². The molecule has 0 aromatic heterocycles. The van der Waals surface area contributed by atoms with Crippen LogP contribution < -0.4 is 16.0 Å². The van der Waals surface area contributed by atoms with Gasteiger partial charge in [-0.3, -0.25) is 19.2 Å². The Labute approximate surface area is 165 Å². The van der Waals surface area contributed by atoms with Crippen molar-refractivity contribution in [1.82, 2.24) is 16.0 Å². The molecule has 0 bridgehead atoms. The van der Waals surface area contributed by atoms with Crippen molar-refractivity contribution in [2.75, 3.05) is 24.6 Å². The van der Waals surface area contributed by atoms with E-state index >= 15 is 0 Å². The summed E-state index contributed by atoms with van der Waals surface area (Å²) >= 11 is 1.62. The average Bonchev–Trinajstić information content (AvgIpc) is 2.53. The first-order chi connectivity index (χ1) is 12.5. The molecule has 4 N–H and O–H groups in total. The first-order valence-electron chi connectivity index (χ1n) is 9.18. The second-order valence-corrected chi connectivity index (χ2v) is 8.77. The van der Waals surface area contributed by atoms with Crippen LogP contribution >= 0.6 is 11.8 Å². The topological polar surface area (TPSA) is 125 Å². The summed E-state index contributed by atoms with van der Waals surface area (Å²) in [6, 6.07) is -0.898. The number of amides is 3. The van der Waals surface area contributed by atoms with E-state index in [2.05, 4.69) is 16.0 Å². The van der Waals surface area contributed by atoms with Gasteiger partial charge in [0.1, 0.15) is 6.04 Å². The number of carboxylic acid groups (broad SMARTS) is 1. The van der Waals surface area contributed by atoms with Crippen LogP contribution in [0.5, 0.6) is 0 Å². The molecule has 0 aromatic carbocycles. The van der Waals surface area contributed by atoms with E-state index in [1.54, 1.807) is 11.8 Å². The Balaban J connectivity index is 4.38. The average molecular weight is 404 g/mol. The highest BCUT2D eigenvalue weighted by Crippen LogP contribution is 2.17. The smallest absolute Gasteiger partial charge is 0.303 e. The van der Waals surface area contributed by atoms with E-state index in [-0.39, 0.29) is 49.6 Å². The predicted octanol–water partition coefficient (Wildman–Crippen LogP) is 1.15. The standard InChI is InChI=1S/C18H33N3O5S/c1-5-27-11-8-14(22)21-13(6-7-16(24)25)17(26)20-10-9-19-15(23)12-18(2,3)4/h13H,5-12H2,1-4H3,(H,19,23)(H,20,26)(H,21,22)(H,24,25)/t13-/m0/s1. The third kappa shape index (κ3) is 15.0. The van der Waals surface area contributed by atoms with Crippen LogP contribution in [0.15, 0.2) is 0 Å². The van der Waals surface area contributed by atoms with Crippen molar-refractivity contribution in [1.29, 1.82) is 0 Å². The number of carboxylic acids is 1. The Hall–Kier alpha value is -1.77. The van der Waals surface area contributed by atoms with E-state index in [1.807, 2.05) is 27.7 Å². The van der Waals surface area contributed by atoms with E-state index in [0.29, 0.717) is 12.2 Å². The fourth-order valence-corrected chi connectivity index (χ4v) is 2.79. The van der Waals surface area contributed by atoms with Gasteiger partial charge in [0, 0.05) is 38.1 Å². The third-order valence-electron chi connectivity index (χ3n) is 3.41. The highest BCUT2D eigenvalue weighted by Gasteiger charge is 2.21. The van der Waals surface area contributed by atoms with Gasteiger partial charge in [0.05, 0.1) is 0 Å². The van der Waals surface area contributed by atoms with E-state index in [4.69, 9.17) is 5.11 Å². The van der Waals surface area contributed by atoms with Gasteiger partial charge in [0.15, 0.2) is 0 Å². The lowest BCUT2D eigenvalue weighted by Gasteiger charge is -2.19. The normalized spacial score (nSPS) is 12.1. The van der Waals surface area contributed by atoms with Crippen LogP contribution in [0.4, 0.5) is 0 Å². The highest BCUT2D eigenvalue weighted by molar-refractivity contribution is 7.99. The van der Waals surface area contributed by atoms with Gasteiger partial charge in [-0.15, -0.1) is 0 Å². The van der Waals surface area contributed by atoms with Gasteiger partial charge < -0.3 is 21.1 Å². The van der Waals surface area contributed by atoms with Crippen molar-refractivity contribution >= 4 is 35.5 Å². The van der Waals surface area contributed by atoms with Crippen molar-refractivity contribution in [3.63, 3.8) is 0 Å². The van der Waals surface area contributed by atoms with Crippen molar-refractivity contribution in [2.24, 2.45) is 5.41 Å². The molecule has 27 heavy (non-hydrogen) atoms. The number of carbonyl (C=O) groups excluding carboxylic acids is 3. The van der Waals surface area contributed by atoms with Gasteiger partial charge in [0.25, 0.3) is 0 Å². The van der Waals surface area contributed by atoms with Crippen molar-refractivity contribution in [3.05, 3.63) is 0 Å². The summed E-state index contributed by atoms with van der Waals surface area (Å²) in [6.45, 7) is 8.36. The molecular formula is C18H33N3O5S. The van der Waals surface area contributed by atoms with Gasteiger partial charge in [0.2, 0.25) is 17.7 Å². The fraction of sp³-hybridized carbons (Fsp3) is 0.778. The lowest BCUT2D eigenvalue weighted by atomic mass is 9.92. The van der Waals surface area contributed by atoms with Crippen molar-refractivity contribution in [2.45, 2.75) is 59.4 Å². The lowest BCUT2D eigenvalue weighted by Crippen LogP contribution is -2.48. The van der Waals surface area contributed by atoms with Gasteiger partial charge in [-0.1, -0.05) is 27.7 Å². The fourth-order valence-electron chi connectivity index (χ4n) is 2.17. The number of thioether (sulfide) groups is 1. The molecule has 0 saturated heterocycles. The Morgan fingerprint density at radius 1 is 1.00 bits per heavy atom. The molecule has 0 aliphatic carbocycles. The quantitative estimate of drug-likeness (QED) is 0.342. The minimum atomic E-state index is -1.03. The minimum absolute atomic E-state index is 0.0181. The lowest BCUT2D eigenvalue weighted by molar-refractivity contribution is -0.138. The number of hydrogen-bond acceptors (Lipinski definition) is 5. The Morgan fingerprint density at radius 2 is 1.63 bits per heavy atom. The zero-order chi connectivity index (χ0) is 20.9. The second kappa shape index (κ2) is 13.4. The second-order valence-electron chi connectivity index (χ2n) is 7.38. The number of hydrogen-bond donors (Lipinski definition) is 4. The van der Waals surface area contributed by atoms with Crippen LogP contribution in [-0.4, -0.2) is 59.4 Å². The van der Waals surface area contributed by atoms with Crippen LogP contribution in [0.25, 0.3) is 0 Å². The van der Waals surface area contributed by atoms with Gasteiger partial charge >= 0.3 is 5.97 Å². The SMILES string of the molecule is CCSCCC(=O)N[C@@H](CCC(=O)O)C(=O)NCCNC(=O)CC(C)(C)C. The molecule has 9 heteroatoms. The van der Waals surface area contributed by atoms with Crippen LogP contribution in [-0.2, 0) is 19.2 Å². The minimum Gasteiger partial charge on any atom is -0.481 e.